The van der Waals surface area contributed by atoms with Crippen LogP contribution in [0.2, 0.25) is 5.02 Å². The smallest absolute Gasteiger partial charge is 0.254 e. The number of benzene rings is 1. The van der Waals surface area contributed by atoms with E-state index in [1.165, 1.54) is 12.3 Å². The van der Waals surface area contributed by atoms with Crippen LogP contribution in [-0.4, -0.2) is 73.1 Å². The molecule has 0 unspecified atom stereocenters. The Bertz CT molecular complexity index is 2140. The first-order chi connectivity index (χ1) is 24.2. The predicted octanol–water partition coefficient (Wildman–Crippen LogP) is 5.98. The molecule has 1 saturated carbocycles. The number of halogens is 2. The molecule has 0 spiro atoms. The Hall–Kier alpha value is -4.39. The Labute approximate surface area is 294 Å². The number of nitrogens with two attached hydrogens (primary N) is 1. The van der Waals surface area contributed by atoms with Crippen molar-refractivity contribution in [2.75, 3.05) is 20.2 Å². The lowest BCUT2D eigenvalue weighted by Crippen LogP contribution is -2.53. The van der Waals surface area contributed by atoms with Gasteiger partial charge in [0.1, 0.15) is 17.0 Å². The van der Waals surface area contributed by atoms with Crippen molar-refractivity contribution < 1.29 is 18.7 Å². The van der Waals surface area contributed by atoms with Gasteiger partial charge in [-0.05, 0) is 81.3 Å². The van der Waals surface area contributed by atoms with Gasteiger partial charge in [-0.1, -0.05) is 18.0 Å². The van der Waals surface area contributed by atoms with E-state index >= 15 is 4.39 Å². The van der Waals surface area contributed by atoms with Crippen LogP contribution in [0.1, 0.15) is 89.5 Å². The molecular weight excluding hydrogens is 659 g/mol. The van der Waals surface area contributed by atoms with Crippen LogP contribution in [0.15, 0.2) is 42.7 Å². The summed E-state index contributed by atoms with van der Waals surface area (Å²) in [7, 11) is 1.63. The van der Waals surface area contributed by atoms with Crippen LogP contribution >= 0.6 is 11.6 Å². The molecule has 2 amide bonds. The molecular formula is C37H40ClFN8O3. The Morgan fingerprint density at radius 1 is 1.08 bits per heavy atom. The van der Waals surface area contributed by atoms with Crippen molar-refractivity contribution >= 4 is 45.5 Å². The number of aromatic nitrogens is 5. The van der Waals surface area contributed by atoms with E-state index < -0.39 is 11.9 Å². The summed E-state index contributed by atoms with van der Waals surface area (Å²) in [6.45, 7) is 3.41. The van der Waals surface area contributed by atoms with Crippen LogP contribution in [0, 0.1) is 5.82 Å². The Balaban J connectivity index is 1.20. The molecule has 11 nitrogen and oxygen atoms in total. The van der Waals surface area contributed by atoms with Gasteiger partial charge < -0.3 is 29.8 Å². The van der Waals surface area contributed by atoms with E-state index in [-0.39, 0.29) is 35.6 Å². The maximum atomic E-state index is 16.2. The third-order valence-electron chi connectivity index (χ3n) is 10.4. The number of hydrogen-bond acceptors (Lipinski definition) is 7. The molecule has 3 atom stereocenters. The molecule has 13 heteroatoms. The summed E-state index contributed by atoms with van der Waals surface area (Å²) in [5.41, 5.74) is 11.0. The molecule has 3 aliphatic rings. The molecule has 2 aliphatic heterocycles. The summed E-state index contributed by atoms with van der Waals surface area (Å²) in [6, 6.07) is 8.46. The number of nitrogens with one attached hydrogen (secondary N) is 1. The monoisotopic (exact) mass is 698 g/mol. The second-order valence-corrected chi connectivity index (χ2v) is 14.2. The van der Waals surface area contributed by atoms with Gasteiger partial charge in [0.05, 0.1) is 39.6 Å². The summed E-state index contributed by atoms with van der Waals surface area (Å²) in [6.07, 6.45) is 8.86. The second kappa shape index (κ2) is 13.1. The lowest BCUT2D eigenvalue weighted by atomic mass is 10.0. The summed E-state index contributed by atoms with van der Waals surface area (Å²) in [5, 5.41) is 4.35. The fraction of sp³-hybridized carbons (Fsp3) is 0.432. The minimum atomic E-state index is -0.468. The molecule has 1 aromatic carbocycles. The molecule has 0 radical (unpaired) electrons. The van der Waals surface area contributed by atoms with Gasteiger partial charge in [-0.25, -0.2) is 14.4 Å². The fourth-order valence-electron chi connectivity index (χ4n) is 7.61. The zero-order valence-corrected chi connectivity index (χ0v) is 28.9. The van der Waals surface area contributed by atoms with E-state index in [1.54, 1.807) is 24.3 Å². The fourth-order valence-corrected chi connectivity index (χ4v) is 7.88. The standard InChI is InChI=1S/C37H40ClFN8O3/c1-20-28-10-7-21-16-30(46(34(21)43-28)12-5-3-4-6-22-17-41-18-25(38)32(22)36(48)42-20)35-44-29-15-23(14-26(39)33(29)47(35)24-8-9-24)37(49)45-13-11-31(50-2)27(40)19-45/h7,10,14-18,20,24,27,31H,3-6,8-9,11-13,19,40H2,1-2H3,(H,42,48)/t20-,27+,31-/m1/s1. The molecule has 6 heterocycles. The van der Waals surface area contributed by atoms with Crippen LogP contribution in [-0.2, 0) is 17.7 Å². The highest BCUT2D eigenvalue weighted by Gasteiger charge is 2.34. The number of hydrogen-bond donors (Lipinski definition) is 2. The highest BCUT2D eigenvalue weighted by molar-refractivity contribution is 6.33. The van der Waals surface area contributed by atoms with Gasteiger partial charge in [0, 0.05) is 62.2 Å². The molecule has 2 fully saturated rings. The van der Waals surface area contributed by atoms with Gasteiger partial charge in [0.15, 0.2) is 5.82 Å². The normalized spacial score (nSPS) is 21.7. The maximum Gasteiger partial charge on any atom is 0.254 e. The van der Waals surface area contributed by atoms with Crippen molar-refractivity contribution in [1.29, 1.82) is 0 Å². The zero-order valence-electron chi connectivity index (χ0n) is 28.2. The molecule has 50 heavy (non-hydrogen) atoms. The number of pyridine rings is 2. The largest absolute Gasteiger partial charge is 0.380 e. The maximum absolute atomic E-state index is 16.2. The van der Waals surface area contributed by atoms with Crippen molar-refractivity contribution in [2.45, 2.75) is 82.6 Å². The number of carbonyl (C=O) groups is 2. The molecule has 4 aromatic heterocycles. The number of fused-ring (bicyclic) bond motifs is 3. The van der Waals surface area contributed by atoms with E-state index in [9.17, 15) is 9.59 Å². The predicted molar refractivity (Wildman–Crippen MR) is 189 cm³/mol. The van der Waals surface area contributed by atoms with Gasteiger partial charge in [-0.2, -0.15) is 0 Å². The van der Waals surface area contributed by atoms with E-state index in [0.29, 0.717) is 65.6 Å². The number of rotatable bonds is 4. The number of nitrogens with zero attached hydrogens (tertiary/aromatic N) is 6. The lowest BCUT2D eigenvalue weighted by Gasteiger charge is -2.35. The average Bonchev–Trinajstić information content (AvgIpc) is 3.77. The Kier molecular flexibility index (Phi) is 8.56. The highest BCUT2D eigenvalue weighted by Crippen LogP contribution is 2.43. The number of imidazole rings is 1. The molecule has 3 N–H and O–H groups in total. The van der Waals surface area contributed by atoms with Crippen molar-refractivity contribution in [3.05, 3.63) is 75.9 Å². The van der Waals surface area contributed by atoms with Gasteiger partial charge in [-0.3, -0.25) is 14.6 Å². The number of aryl methyl sites for hydroxylation is 2. The minimum absolute atomic E-state index is 0.112. The zero-order chi connectivity index (χ0) is 34.7. The van der Waals surface area contributed by atoms with Gasteiger partial charge in [0.25, 0.3) is 11.8 Å². The first-order valence-corrected chi connectivity index (χ1v) is 17.8. The topological polar surface area (TPSA) is 133 Å². The van der Waals surface area contributed by atoms with Crippen LogP contribution in [0.25, 0.3) is 33.6 Å². The van der Waals surface area contributed by atoms with Gasteiger partial charge >= 0.3 is 0 Å². The third-order valence-corrected chi connectivity index (χ3v) is 10.7. The van der Waals surface area contributed by atoms with Crippen LogP contribution in [0.3, 0.4) is 0 Å². The first kappa shape index (κ1) is 32.8. The van der Waals surface area contributed by atoms with Crippen molar-refractivity contribution in [1.82, 2.24) is 34.3 Å². The number of ether oxygens (including phenoxy) is 1. The summed E-state index contributed by atoms with van der Waals surface area (Å²) < 4.78 is 25.8. The summed E-state index contributed by atoms with van der Waals surface area (Å²) in [4.78, 5) is 43.1. The summed E-state index contributed by atoms with van der Waals surface area (Å²) >= 11 is 6.47. The van der Waals surface area contributed by atoms with Crippen LogP contribution < -0.4 is 11.1 Å². The number of methoxy groups -OCH3 is 1. The second-order valence-electron chi connectivity index (χ2n) is 13.8. The van der Waals surface area contributed by atoms with Crippen LogP contribution in [0.5, 0.6) is 0 Å². The Morgan fingerprint density at radius 2 is 1.92 bits per heavy atom. The van der Waals surface area contributed by atoms with E-state index in [2.05, 4.69) is 20.9 Å². The molecule has 8 rings (SSSR count). The quantitative estimate of drug-likeness (QED) is 0.236. The van der Waals surface area contributed by atoms with E-state index in [1.807, 2.05) is 23.6 Å². The number of carbonyl (C=O) groups excluding carboxylic acids is 2. The minimum Gasteiger partial charge on any atom is -0.380 e. The van der Waals surface area contributed by atoms with E-state index in [0.717, 1.165) is 54.4 Å². The van der Waals surface area contributed by atoms with Crippen molar-refractivity contribution in [3.63, 3.8) is 0 Å². The summed E-state index contributed by atoms with van der Waals surface area (Å²) in [5.74, 6) is -0.329. The third kappa shape index (κ3) is 5.82. The molecule has 1 aliphatic carbocycles. The number of likely N-dealkylation sites (tertiary alicyclic amines) is 1. The van der Waals surface area contributed by atoms with Crippen molar-refractivity contribution in [3.8, 4) is 11.5 Å². The molecule has 260 valence electrons. The first-order valence-electron chi connectivity index (χ1n) is 17.4. The van der Waals surface area contributed by atoms with Gasteiger partial charge in [-0.15, -0.1) is 0 Å². The van der Waals surface area contributed by atoms with Crippen molar-refractivity contribution in [2.24, 2.45) is 5.73 Å². The lowest BCUT2D eigenvalue weighted by molar-refractivity contribution is 0.0227. The van der Waals surface area contributed by atoms with Crippen LogP contribution in [0.4, 0.5) is 4.39 Å². The Morgan fingerprint density at radius 3 is 2.70 bits per heavy atom. The SMILES string of the molecule is CO[C@@H]1CCN(C(=O)c2cc(F)c3c(c2)nc(-c2cc4ccc5nc4n2CCCCCc2cncc(Cl)c2C(=O)N[C@@H]5C)n3C2CC2)C[C@@H]1N. The number of amides is 2. The highest BCUT2D eigenvalue weighted by atomic mass is 35.5. The average molecular weight is 699 g/mol. The molecule has 2 bridgehead atoms. The number of piperidine rings is 1. The molecule has 5 aromatic rings. The van der Waals surface area contributed by atoms with Gasteiger partial charge in [0.2, 0.25) is 0 Å². The van der Waals surface area contributed by atoms with E-state index in [4.69, 9.17) is 32.0 Å². The molecule has 1 saturated heterocycles.